The summed E-state index contributed by atoms with van der Waals surface area (Å²) in [5.41, 5.74) is 0.968. The highest BCUT2D eigenvalue weighted by molar-refractivity contribution is 7.80. The van der Waals surface area contributed by atoms with Gasteiger partial charge in [0.15, 0.2) is 5.11 Å². The molecule has 1 heterocycles. The van der Waals surface area contributed by atoms with Crippen molar-refractivity contribution in [1.82, 2.24) is 5.32 Å². The second kappa shape index (κ2) is 7.59. The fraction of sp³-hybridized carbons (Fsp3) is 0.429. The average molecular weight is 329 g/mol. The van der Waals surface area contributed by atoms with E-state index in [1.807, 2.05) is 0 Å². The first-order valence-corrected chi connectivity index (χ1v) is 7.43. The van der Waals surface area contributed by atoms with Gasteiger partial charge in [0.1, 0.15) is 0 Å². The average Bonchev–Trinajstić information content (AvgIpc) is 3.00. The SMILES string of the molecule is COC(=O)c1ccc(Cl)c(NC(=S)NC[C@@H]2CCCO2)c1. The summed E-state index contributed by atoms with van der Waals surface area (Å²) in [6.45, 7) is 1.46. The fourth-order valence-corrected chi connectivity index (χ4v) is 2.40. The molecule has 1 aromatic carbocycles. The van der Waals surface area contributed by atoms with Crippen molar-refractivity contribution >= 4 is 40.6 Å². The van der Waals surface area contributed by atoms with Gasteiger partial charge in [0.25, 0.3) is 0 Å². The van der Waals surface area contributed by atoms with Gasteiger partial charge < -0.3 is 20.1 Å². The second-order valence-electron chi connectivity index (χ2n) is 4.66. The van der Waals surface area contributed by atoms with E-state index in [-0.39, 0.29) is 6.10 Å². The van der Waals surface area contributed by atoms with Crippen LogP contribution in [0.1, 0.15) is 23.2 Å². The van der Waals surface area contributed by atoms with Crippen LogP contribution in [0.4, 0.5) is 5.69 Å². The van der Waals surface area contributed by atoms with Crippen molar-refractivity contribution in [3.8, 4) is 0 Å². The number of hydrogen-bond acceptors (Lipinski definition) is 4. The molecular weight excluding hydrogens is 312 g/mol. The van der Waals surface area contributed by atoms with Crippen LogP contribution in [-0.2, 0) is 9.47 Å². The Balaban J connectivity index is 1.94. The van der Waals surface area contributed by atoms with Gasteiger partial charge in [-0.05, 0) is 43.3 Å². The predicted octanol–water partition coefficient (Wildman–Crippen LogP) is 2.59. The number of carbonyl (C=O) groups is 1. The number of esters is 1. The summed E-state index contributed by atoms with van der Waals surface area (Å²) in [4.78, 5) is 11.5. The summed E-state index contributed by atoms with van der Waals surface area (Å²) in [6, 6.07) is 4.83. The van der Waals surface area contributed by atoms with Crippen LogP contribution in [0.5, 0.6) is 0 Å². The van der Waals surface area contributed by atoms with E-state index in [1.165, 1.54) is 7.11 Å². The molecule has 0 unspecified atom stereocenters. The lowest BCUT2D eigenvalue weighted by molar-refractivity contribution is 0.0601. The molecule has 0 aromatic heterocycles. The van der Waals surface area contributed by atoms with E-state index in [0.717, 1.165) is 19.4 Å². The first-order chi connectivity index (χ1) is 10.1. The molecule has 1 fully saturated rings. The third kappa shape index (κ3) is 4.56. The van der Waals surface area contributed by atoms with E-state index >= 15 is 0 Å². The van der Waals surface area contributed by atoms with Gasteiger partial charge in [-0.2, -0.15) is 0 Å². The van der Waals surface area contributed by atoms with E-state index in [0.29, 0.717) is 27.9 Å². The van der Waals surface area contributed by atoms with Crippen molar-refractivity contribution in [1.29, 1.82) is 0 Å². The number of benzene rings is 1. The minimum Gasteiger partial charge on any atom is -0.465 e. The van der Waals surface area contributed by atoms with Gasteiger partial charge >= 0.3 is 5.97 Å². The summed E-state index contributed by atoms with van der Waals surface area (Å²) in [6.07, 6.45) is 2.31. The molecule has 5 nitrogen and oxygen atoms in total. The summed E-state index contributed by atoms with van der Waals surface area (Å²) in [5, 5.41) is 6.98. The molecule has 114 valence electrons. The molecule has 1 saturated heterocycles. The Hall–Kier alpha value is -1.37. The van der Waals surface area contributed by atoms with E-state index in [1.54, 1.807) is 18.2 Å². The number of thiocarbonyl (C=S) groups is 1. The number of nitrogens with one attached hydrogen (secondary N) is 2. The van der Waals surface area contributed by atoms with Crippen LogP contribution < -0.4 is 10.6 Å². The van der Waals surface area contributed by atoms with Crippen molar-refractivity contribution in [2.75, 3.05) is 25.6 Å². The molecule has 0 radical (unpaired) electrons. The molecule has 7 heteroatoms. The van der Waals surface area contributed by atoms with Gasteiger partial charge in [0, 0.05) is 13.2 Å². The van der Waals surface area contributed by atoms with Gasteiger partial charge in [0.05, 0.1) is 29.5 Å². The van der Waals surface area contributed by atoms with Gasteiger partial charge in [0.2, 0.25) is 0 Å². The van der Waals surface area contributed by atoms with Crippen molar-refractivity contribution in [2.45, 2.75) is 18.9 Å². The highest BCUT2D eigenvalue weighted by atomic mass is 35.5. The Bertz CT molecular complexity index is 533. The molecule has 1 aliphatic heterocycles. The molecule has 1 aromatic rings. The number of ether oxygens (including phenoxy) is 2. The monoisotopic (exact) mass is 328 g/mol. The molecule has 1 aliphatic rings. The zero-order valence-corrected chi connectivity index (χ0v) is 13.2. The highest BCUT2D eigenvalue weighted by Gasteiger charge is 2.16. The predicted molar refractivity (Wildman–Crippen MR) is 86.0 cm³/mol. The summed E-state index contributed by atoms with van der Waals surface area (Å²) >= 11 is 11.3. The maximum atomic E-state index is 11.5. The lowest BCUT2D eigenvalue weighted by atomic mass is 10.2. The number of hydrogen-bond donors (Lipinski definition) is 2. The lowest BCUT2D eigenvalue weighted by Gasteiger charge is -2.15. The van der Waals surface area contributed by atoms with E-state index < -0.39 is 5.97 Å². The summed E-state index contributed by atoms with van der Waals surface area (Å²) in [7, 11) is 1.33. The number of carbonyl (C=O) groups excluding carboxylic acids is 1. The van der Waals surface area contributed by atoms with Crippen molar-refractivity contribution in [2.24, 2.45) is 0 Å². The minimum atomic E-state index is -0.423. The largest absolute Gasteiger partial charge is 0.465 e. The first kappa shape index (κ1) is 16.0. The minimum absolute atomic E-state index is 0.196. The maximum absolute atomic E-state index is 11.5. The van der Waals surface area contributed by atoms with Crippen LogP contribution in [0.25, 0.3) is 0 Å². The second-order valence-corrected chi connectivity index (χ2v) is 5.47. The van der Waals surface area contributed by atoms with Crippen LogP contribution >= 0.6 is 23.8 Å². The van der Waals surface area contributed by atoms with Crippen molar-refractivity contribution in [3.05, 3.63) is 28.8 Å². The van der Waals surface area contributed by atoms with E-state index in [9.17, 15) is 4.79 Å². The molecule has 0 aliphatic carbocycles. The molecule has 1 atom stereocenters. The smallest absolute Gasteiger partial charge is 0.337 e. The highest BCUT2D eigenvalue weighted by Crippen LogP contribution is 2.23. The van der Waals surface area contributed by atoms with Crippen LogP contribution in [0.15, 0.2) is 18.2 Å². The Labute approximate surface area is 133 Å². The summed E-state index contributed by atoms with van der Waals surface area (Å²) < 4.78 is 10.2. The number of halogens is 1. The van der Waals surface area contributed by atoms with Gasteiger partial charge in [-0.25, -0.2) is 4.79 Å². The number of methoxy groups -OCH3 is 1. The number of rotatable bonds is 4. The maximum Gasteiger partial charge on any atom is 0.337 e. The lowest BCUT2D eigenvalue weighted by Crippen LogP contribution is -2.34. The van der Waals surface area contributed by atoms with Crippen molar-refractivity contribution in [3.63, 3.8) is 0 Å². The summed E-state index contributed by atoms with van der Waals surface area (Å²) in [5.74, 6) is -0.423. The van der Waals surface area contributed by atoms with Gasteiger partial charge in [-0.1, -0.05) is 11.6 Å². The Kier molecular flexibility index (Phi) is 5.78. The Morgan fingerprint density at radius 1 is 1.57 bits per heavy atom. The van der Waals surface area contributed by atoms with Gasteiger partial charge in [-0.3, -0.25) is 0 Å². The quantitative estimate of drug-likeness (QED) is 0.654. The molecule has 2 N–H and O–H groups in total. The van der Waals surface area contributed by atoms with Crippen LogP contribution in [0.3, 0.4) is 0 Å². The Morgan fingerprint density at radius 3 is 3.05 bits per heavy atom. The molecule has 0 bridgehead atoms. The van der Waals surface area contributed by atoms with Gasteiger partial charge in [-0.15, -0.1) is 0 Å². The van der Waals surface area contributed by atoms with E-state index in [4.69, 9.17) is 28.6 Å². The molecule has 0 saturated carbocycles. The Morgan fingerprint density at radius 2 is 2.38 bits per heavy atom. The molecule has 0 amide bonds. The topological polar surface area (TPSA) is 59.6 Å². The van der Waals surface area contributed by atoms with Crippen LogP contribution in [0, 0.1) is 0 Å². The standard InChI is InChI=1S/C14H17ClN2O3S/c1-19-13(18)9-4-5-11(15)12(7-9)17-14(21)16-8-10-3-2-6-20-10/h4-5,7,10H,2-3,6,8H2,1H3,(H2,16,17,21)/t10-/m0/s1. The molecule has 21 heavy (non-hydrogen) atoms. The zero-order valence-electron chi connectivity index (χ0n) is 11.6. The normalized spacial score (nSPS) is 17.3. The molecule has 0 spiro atoms. The zero-order chi connectivity index (χ0) is 15.2. The number of anilines is 1. The third-order valence-corrected chi connectivity index (χ3v) is 3.73. The third-order valence-electron chi connectivity index (χ3n) is 3.15. The van der Waals surface area contributed by atoms with Crippen molar-refractivity contribution < 1.29 is 14.3 Å². The van der Waals surface area contributed by atoms with Crippen LogP contribution in [-0.4, -0.2) is 37.4 Å². The fourth-order valence-electron chi connectivity index (χ4n) is 2.04. The van der Waals surface area contributed by atoms with Crippen LogP contribution in [0.2, 0.25) is 5.02 Å². The molecular formula is C14H17ClN2O3S. The van der Waals surface area contributed by atoms with E-state index in [2.05, 4.69) is 15.4 Å². The first-order valence-electron chi connectivity index (χ1n) is 6.64. The molecule has 2 rings (SSSR count).